The number of aromatic amines is 2. The number of nitrogens with one attached hydrogen (secondary N) is 3. The Bertz CT molecular complexity index is 1000. The van der Waals surface area contributed by atoms with E-state index < -0.39 is 0 Å². The van der Waals surface area contributed by atoms with Crippen LogP contribution in [0.15, 0.2) is 24.5 Å². The van der Waals surface area contributed by atoms with E-state index in [1.165, 1.54) is 11.3 Å². The molecular weight excluding hydrogens is 367 g/mol. The molecule has 0 radical (unpaired) electrons. The van der Waals surface area contributed by atoms with Crippen LogP contribution in [0.5, 0.6) is 0 Å². The molecule has 0 fully saturated rings. The quantitative estimate of drug-likeness (QED) is 0.483. The van der Waals surface area contributed by atoms with Gasteiger partial charge in [0.15, 0.2) is 0 Å². The van der Waals surface area contributed by atoms with Crippen LogP contribution in [0, 0.1) is 6.92 Å². The predicted molar refractivity (Wildman–Crippen MR) is 97.9 cm³/mol. The molecule has 0 saturated heterocycles. The first-order valence-electron chi connectivity index (χ1n) is 7.15. The minimum atomic E-state index is 0.511. The molecule has 1 aromatic carbocycles. The molecule has 24 heavy (non-hydrogen) atoms. The summed E-state index contributed by atoms with van der Waals surface area (Å²) < 4.78 is 0. The largest absolute Gasteiger partial charge is 0.355 e. The molecule has 0 saturated carbocycles. The smallest absolute Gasteiger partial charge is 0.205 e. The van der Waals surface area contributed by atoms with Gasteiger partial charge in [0.2, 0.25) is 5.13 Å². The van der Waals surface area contributed by atoms with Crippen LogP contribution in [-0.2, 0) is 6.54 Å². The molecule has 0 atom stereocenters. The van der Waals surface area contributed by atoms with E-state index in [1.54, 1.807) is 12.3 Å². The Labute approximate surface area is 151 Å². The zero-order valence-electron chi connectivity index (χ0n) is 12.5. The molecule has 6 nitrogen and oxygen atoms in total. The van der Waals surface area contributed by atoms with E-state index in [4.69, 9.17) is 23.2 Å². The minimum absolute atomic E-state index is 0.511. The molecule has 0 aliphatic rings. The zero-order chi connectivity index (χ0) is 16.7. The summed E-state index contributed by atoms with van der Waals surface area (Å²) in [7, 11) is 0. The molecule has 3 aromatic heterocycles. The maximum Gasteiger partial charge on any atom is 0.205 e. The van der Waals surface area contributed by atoms with Crippen molar-refractivity contribution in [2.45, 2.75) is 13.5 Å². The molecule has 122 valence electrons. The number of H-pyrrole nitrogens is 2. The molecule has 4 aromatic rings. The molecule has 0 bridgehead atoms. The number of aryl methyl sites for hydroxylation is 1. The van der Waals surface area contributed by atoms with Gasteiger partial charge in [0.05, 0.1) is 28.3 Å². The Hall–Kier alpha value is -2.09. The number of fused-ring (bicyclic) bond motifs is 1. The zero-order valence-corrected chi connectivity index (χ0v) is 14.9. The monoisotopic (exact) mass is 378 g/mol. The van der Waals surface area contributed by atoms with Gasteiger partial charge in [0.1, 0.15) is 5.01 Å². The van der Waals surface area contributed by atoms with E-state index in [0.717, 1.165) is 37.9 Å². The molecule has 0 aliphatic heterocycles. The van der Waals surface area contributed by atoms with E-state index in [1.807, 2.05) is 19.2 Å². The Morgan fingerprint density at radius 2 is 2.12 bits per heavy atom. The van der Waals surface area contributed by atoms with Crippen molar-refractivity contribution < 1.29 is 0 Å². The Balaban J connectivity index is 1.81. The topological polar surface area (TPSA) is 82.3 Å². The van der Waals surface area contributed by atoms with Gasteiger partial charge in [-0.1, -0.05) is 40.6 Å². The van der Waals surface area contributed by atoms with Crippen LogP contribution < -0.4 is 5.32 Å². The number of anilines is 1. The highest BCUT2D eigenvalue weighted by molar-refractivity contribution is 7.15. The molecule has 3 N–H and O–H groups in total. The van der Waals surface area contributed by atoms with Crippen LogP contribution in [0.2, 0.25) is 10.0 Å². The van der Waals surface area contributed by atoms with Crippen molar-refractivity contribution in [1.82, 2.24) is 25.4 Å². The van der Waals surface area contributed by atoms with Gasteiger partial charge < -0.3 is 10.3 Å². The maximum atomic E-state index is 6.37. The van der Waals surface area contributed by atoms with Crippen molar-refractivity contribution in [3.63, 3.8) is 0 Å². The van der Waals surface area contributed by atoms with Crippen molar-refractivity contribution in [2.24, 2.45) is 0 Å². The third-order valence-electron chi connectivity index (χ3n) is 3.67. The first-order chi connectivity index (χ1) is 11.6. The first kappa shape index (κ1) is 15.4. The number of hydrogen-bond acceptors (Lipinski definition) is 5. The van der Waals surface area contributed by atoms with E-state index in [0.29, 0.717) is 16.6 Å². The number of hydrogen-bond donors (Lipinski definition) is 3. The summed E-state index contributed by atoms with van der Waals surface area (Å²) >= 11 is 14.0. The van der Waals surface area contributed by atoms with E-state index in [-0.39, 0.29) is 0 Å². The number of benzene rings is 1. The van der Waals surface area contributed by atoms with Crippen molar-refractivity contribution in [2.75, 3.05) is 5.32 Å². The normalized spacial score (nSPS) is 11.3. The van der Waals surface area contributed by atoms with E-state index in [2.05, 4.69) is 30.7 Å². The lowest BCUT2D eigenvalue weighted by Crippen LogP contribution is -2.00. The van der Waals surface area contributed by atoms with Gasteiger partial charge in [-0.2, -0.15) is 5.10 Å². The Kier molecular flexibility index (Phi) is 3.91. The Morgan fingerprint density at radius 3 is 2.83 bits per heavy atom. The lowest BCUT2D eigenvalue weighted by atomic mass is 10.1. The third-order valence-corrected chi connectivity index (χ3v) is 5.27. The van der Waals surface area contributed by atoms with Crippen molar-refractivity contribution in [3.05, 3.63) is 45.3 Å². The second kappa shape index (κ2) is 6.08. The van der Waals surface area contributed by atoms with Crippen LogP contribution in [0.1, 0.15) is 10.7 Å². The lowest BCUT2D eigenvalue weighted by molar-refractivity contribution is 1.01. The van der Waals surface area contributed by atoms with Crippen LogP contribution in [0.25, 0.3) is 22.0 Å². The van der Waals surface area contributed by atoms with Gasteiger partial charge in [-0.25, -0.2) is 0 Å². The lowest BCUT2D eigenvalue weighted by Gasteiger charge is -2.03. The maximum absolute atomic E-state index is 6.37. The van der Waals surface area contributed by atoms with Gasteiger partial charge in [-0.05, 0) is 13.0 Å². The molecule has 0 amide bonds. The highest BCUT2D eigenvalue weighted by Gasteiger charge is 2.17. The fraction of sp³-hybridized carbons (Fsp3) is 0.133. The molecule has 4 rings (SSSR count). The molecule has 0 unspecified atom stereocenters. The molecule has 0 spiro atoms. The van der Waals surface area contributed by atoms with Crippen LogP contribution >= 0.6 is 34.5 Å². The highest BCUT2D eigenvalue weighted by Crippen LogP contribution is 2.38. The van der Waals surface area contributed by atoms with Gasteiger partial charge in [0.25, 0.3) is 0 Å². The van der Waals surface area contributed by atoms with Crippen molar-refractivity contribution in [3.8, 4) is 11.1 Å². The highest BCUT2D eigenvalue weighted by atomic mass is 35.5. The molecule has 0 aliphatic carbocycles. The van der Waals surface area contributed by atoms with Crippen molar-refractivity contribution >= 4 is 50.6 Å². The minimum Gasteiger partial charge on any atom is -0.355 e. The van der Waals surface area contributed by atoms with Crippen LogP contribution in [0.3, 0.4) is 0 Å². The summed E-state index contributed by atoms with van der Waals surface area (Å²) in [6.07, 6.45) is 3.63. The van der Waals surface area contributed by atoms with Crippen molar-refractivity contribution in [1.29, 1.82) is 0 Å². The number of halogens is 2. The number of nitrogens with zero attached hydrogens (tertiary/aromatic N) is 3. The summed E-state index contributed by atoms with van der Waals surface area (Å²) in [5, 5.41) is 22.0. The molecule has 9 heteroatoms. The SMILES string of the molecule is Cc1nnc(NCc2[nH]c3c(Cl)c(Cl)ccc3c2-c2cn[nH]c2)s1. The summed E-state index contributed by atoms with van der Waals surface area (Å²) in [5.74, 6) is 0. The second-order valence-electron chi connectivity index (χ2n) is 5.23. The van der Waals surface area contributed by atoms with Crippen LogP contribution in [0.4, 0.5) is 5.13 Å². The van der Waals surface area contributed by atoms with Gasteiger partial charge in [-0.15, -0.1) is 10.2 Å². The summed E-state index contributed by atoms with van der Waals surface area (Å²) in [5.41, 5.74) is 3.80. The third kappa shape index (κ3) is 2.64. The average molecular weight is 379 g/mol. The van der Waals surface area contributed by atoms with E-state index in [9.17, 15) is 0 Å². The van der Waals surface area contributed by atoms with Gasteiger partial charge in [0, 0.05) is 28.4 Å². The van der Waals surface area contributed by atoms with Gasteiger partial charge >= 0.3 is 0 Å². The fourth-order valence-electron chi connectivity index (χ4n) is 2.64. The summed E-state index contributed by atoms with van der Waals surface area (Å²) in [6, 6.07) is 3.76. The summed E-state index contributed by atoms with van der Waals surface area (Å²) in [4.78, 5) is 3.37. The molecular formula is C15H12Cl2N6S. The number of rotatable bonds is 4. The fourth-order valence-corrected chi connectivity index (χ4v) is 3.60. The van der Waals surface area contributed by atoms with E-state index >= 15 is 0 Å². The van der Waals surface area contributed by atoms with Gasteiger partial charge in [-0.3, -0.25) is 5.10 Å². The molecule has 3 heterocycles. The standard InChI is InChI=1S/C15H12Cl2N6S/c1-7-22-23-15(24-7)18-6-11-12(8-4-19-20-5-8)9-2-3-10(16)13(17)14(9)21-11/h2-5,21H,6H2,1H3,(H,18,23)(H,19,20). The Morgan fingerprint density at radius 1 is 1.25 bits per heavy atom. The predicted octanol–water partition coefficient (Wildman–Crippen LogP) is 4.64. The first-order valence-corrected chi connectivity index (χ1v) is 8.72. The van der Waals surface area contributed by atoms with Crippen LogP contribution in [-0.4, -0.2) is 25.4 Å². The summed E-state index contributed by atoms with van der Waals surface area (Å²) in [6.45, 7) is 2.47. The number of aromatic nitrogens is 5. The average Bonchev–Trinajstić information content (AvgIpc) is 3.28. The second-order valence-corrected chi connectivity index (χ2v) is 7.20.